The first-order chi connectivity index (χ1) is 11.2. The van der Waals surface area contributed by atoms with Crippen LogP contribution in [-0.4, -0.2) is 34.0 Å². The van der Waals surface area contributed by atoms with Gasteiger partial charge in [-0.2, -0.15) is 0 Å². The van der Waals surface area contributed by atoms with E-state index >= 15 is 0 Å². The summed E-state index contributed by atoms with van der Waals surface area (Å²) in [6, 6.07) is 15.2. The van der Waals surface area contributed by atoms with Gasteiger partial charge in [0.2, 0.25) is 0 Å². The summed E-state index contributed by atoms with van der Waals surface area (Å²) in [6.07, 6.45) is 0. The van der Waals surface area contributed by atoms with Crippen LogP contribution in [0.1, 0.15) is 16.2 Å². The van der Waals surface area contributed by atoms with Crippen molar-refractivity contribution in [3.8, 4) is 0 Å². The number of fused-ring (bicyclic) bond motifs is 3. The van der Waals surface area contributed by atoms with Gasteiger partial charge in [0, 0.05) is 24.3 Å². The Labute approximate surface area is 134 Å². The first kappa shape index (κ1) is 14.0. The SMILES string of the molecule is CN1CCn2c(nc3cc(NC(=O)c4ccccc4)ccc32)C1. The van der Waals surface area contributed by atoms with Gasteiger partial charge in [-0.05, 0) is 37.4 Å². The highest BCUT2D eigenvalue weighted by Gasteiger charge is 2.17. The molecule has 3 aromatic rings. The number of hydrogen-bond donors (Lipinski definition) is 1. The number of carbonyl (C=O) groups is 1. The molecule has 1 aromatic heterocycles. The van der Waals surface area contributed by atoms with Gasteiger partial charge in [-0.15, -0.1) is 0 Å². The second-order valence-electron chi connectivity index (χ2n) is 5.94. The Morgan fingerprint density at radius 3 is 2.78 bits per heavy atom. The molecule has 2 aromatic carbocycles. The van der Waals surface area contributed by atoms with Crippen LogP contribution in [0, 0.1) is 0 Å². The van der Waals surface area contributed by atoms with Crippen molar-refractivity contribution in [2.75, 3.05) is 18.9 Å². The number of aromatic nitrogens is 2. The molecule has 4 rings (SSSR count). The molecule has 5 nitrogen and oxygen atoms in total. The van der Waals surface area contributed by atoms with Crippen molar-refractivity contribution < 1.29 is 4.79 Å². The van der Waals surface area contributed by atoms with E-state index in [1.807, 2.05) is 36.4 Å². The molecule has 0 aliphatic carbocycles. The number of hydrogen-bond acceptors (Lipinski definition) is 3. The van der Waals surface area contributed by atoms with Gasteiger partial charge in [0.05, 0.1) is 17.6 Å². The van der Waals surface area contributed by atoms with E-state index in [2.05, 4.69) is 21.8 Å². The summed E-state index contributed by atoms with van der Waals surface area (Å²) in [7, 11) is 2.11. The maximum absolute atomic E-state index is 12.2. The summed E-state index contributed by atoms with van der Waals surface area (Å²) in [5, 5.41) is 2.94. The molecule has 1 amide bonds. The van der Waals surface area contributed by atoms with Gasteiger partial charge in [0.15, 0.2) is 0 Å². The van der Waals surface area contributed by atoms with E-state index in [1.165, 1.54) is 0 Å². The average molecular weight is 306 g/mol. The largest absolute Gasteiger partial charge is 0.326 e. The van der Waals surface area contributed by atoms with E-state index in [0.717, 1.165) is 42.2 Å². The molecule has 0 fully saturated rings. The van der Waals surface area contributed by atoms with Crippen LogP contribution in [0.4, 0.5) is 5.69 Å². The zero-order valence-corrected chi connectivity index (χ0v) is 13.0. The minimum Gasteiger partial charge on any atom is -0.326 e. The topological polar surface area (TPSA) is 50.2 Å². The van der Waals surface area contributed by atoms with Gasteiger partial charge in [-0.3, -0.25) is 9.69 Å². The third-order valence-electron chi connectivity index (χ3n) is 4.24. The molecule has 0 bridgehead atoms. The van der Waals surface area contributed by atoms with E-state index in [4.69, 9.17) is 4.98 Å². The molecule has 1 aliphatic rings. The van der Waals surface area contributed by atoms with Crippen LogP contribution >= 0.6 is 0 Å². The predicted molar refractivity (Wildman–Crippen MR) is 90.5 cm³/mol. The highest BCUT2D eigenvalue weighted by Crippen LogP contribution is 2.23. The second-order valence-corrected chi connectivity index (χ2v) is 5.94. The minimum absolute atomic E-state index is 0.103. The maximum Gasteiger partial charge on any atom is 0.255 e. The number of nitrogens with zero attached hydrogens (tertiary/aromatic N) is 3. The third-order valence-corrected chi connectivity index (χ3v) is 4.24. The van der Waals surface area contributed by atoms with Crippen LogP contribution in [0.2, 0.25) is 0 Å². The van der Waals surface area contributed by atoms with Gasteiger partial charge in [0.25, 0.3) is 5.91 Å². The van der Waals surface area contributed by atoms with Gasteiger partial charge in [-0.1, -0.05) is 18.2 Å². The maximum atomic E-state index is 12.2. The molecule has 23 heavy (non-hydrogen) atoms. The highest BCUT2D eigenvalue weighted by atomic mass is 16.1. The molecule has 0 atom stereocenters. The standard InChI is InChI=1S/C18H18N4O/c1-21-9-10-22-16-8-7-14(11-15(16)20-17(22)12-21)19-18(23)13-5-3-2-4-6-13/h2-8,11H,9-10,12H2,1H3,(H,19,23). The average Bonchev–Trinajstić information content (AvgIpc) is 2.92. The van der Waals surface area contributed by atoms with Crippen molar-refractivity contribution in [2.45, 2.75) is 13.1 Å². The Balaban J connectivity index is 1.63. The lowest BCUT2D eigenvalue weighted by Gasteiger charge is -2.23. The first-order valence-electron chi connectivity index (χ1n) is 7.75. The van der Waals surface area contributed by atoms with Crippen molar-refractivity contribution >= 4 is 22.6 Å². The lowest BCUT2D eigenvalue weighted by Crippen LogP contribution is -2.30. The van der Waals surface area contributed by atoms with Crippen LogP contribution in [0.15, 0.2) is 48.5 Å². The smallest absolute Gasteiger partial charge is 0.255 e. The monoisotopic (exact) mass is 306 g/mol. The molecule has 0 radical (unpaired) electrons. The van der Waals surface area contributed by atoms with E-state index in [1.54, 1.807) is 12.1 Å². The van der Waals surface area contributed by atoms with Crippen LogP contribution in [-0.2, 0) is 13.1 Å². The zero-order valence-electron chi connectivity index (χ0n) is 13.0. The fraction of sp³-hybridized carbons (Fsp3) is 0.222. The summed E-state index contributed by atoms with van der Waals surface area (Å²) in [5.41, 5.74) is 3.49. The normalized spacial score (nSPS) is 14.7. The van der Waals surface area contributed by atoms with E-state index in [0.29, 0.717) is 5.56 Å². The summed E-state index contributed by atoms with van der Waals surface area (Å²) in [5.74, 6) is 0.981. The molecular formula is C18H18N4O. The Hall–Kier alpha value is -2.66. The van der Waals surface area contributed by atoms with Crippen molar-refractivity contribution in [1.82, 2.24) is 14.5 Å². The number of rotatable bonds is 2. The van der Waals surface area contributed by atoms with Crippen LogP contribution in [0.5, 0.6) is 0 Å². The number of likely N-dealkylation sites (N-methyl/N-ethyl adjacent to an activating group) is 1. The summed E-state index contributed by atoms with van der Waals surface area (Å²) >= 11 is 0. The van der Waals surface area contributed by atoms with Crippen LogP contribution < -0.4 is 5.32 Å². The summed E-state index contributed by atoms with van der Waals surface area (Å²) in [4.78, 5) is 19.2. The Morgan fingerprint density at radius 1 is 1.13 bits per heavy atom. The van der Waals surface area contributed by atoms with Crippen molar-refractivity contribution in [3.63, 3.8) is 0 Å². The third kappa shape index (κ3) is 2.59. The quantitative estimate of drug-likeness (QED) is 0.792. The number of nitrogens with one attached hydrogen (secondary N) is 1. The van der Waals surface area contributed by atoms with Gasteiger partial charge in [0.1, 0.15) is 5.82 Å². The Kier molecular flexibility index (Phi) is 3.35. The molecule has 2 heterocycles. The Bertz CT molecular complexity index is 869. The summed E-state index contributed by atoms with van der Waals surface area (Å²) in [6.45, 7) is 2.85. The molecule has 1 N–H and O–H groups in total. The molecule has 0 unspecified atom stereocenters. The fourth-order valence-corrected chi connectivity index (χ4v) is 3.01. The van der Waals surface area contributed by atoms with Gasteiger partial charge >= 0.3 is 0 Å². The molecule has 5 heteroatoms. The molecule has 0 saturated heterocycles. The lowest BCUT2D eigenvalue weighted by atomic mass is 10.2. The minimum atomic E-state index is -0.103. The number of benzene rings is 2. The molecule has 0 saturated carbocycles. The Morgan fingerprint density at radius 2 is 1.96 bits per heavy atom. The number of anilines is 1. The van der Waals surface area contributed by atoms with Gasteiger partial charge < -0.3 is 9.88 Å². The summed E-state index contributed by atoms with van der Waals surface area (Å²) < 4.78 is 2.26. The van der Waals surface area contributed by atoms with E-state index < -0.39 is 0 Å². The molecule has 116 valence electrons. The van der Waals surface area contributed by atoms with E-state index in [-0.39, 0.29) is 5.91 Å². The molecular weight excluding hydrogens is 288 g/mol. The second kappa shape index (κ2) is 5.52. The van der Waals surface area contributed by atoms with Crippen molar-refractivity contribution in [2.24, 2.45) is 0 Å². The lowest BCUT2D eigenvalue weighted by molar-refractivity contribution is 0.102. The highest BCUT2D eigenvalue weighted by molar-refractivity contribution is 6.04. The van der Waals surface area contributed by atoms with Crippen molar-refractivity contribution in [3.05, 3.63) is 59.9 Å². The first-order valence-corrected chi connectivity index (χ1v) is 7.75. The number of amides is 1. The van der Waals surface area contributed by atoms with Crippen molar-refractivity contribution in [1.29, 1.82) is 0 Å². The molecule has 1 aliphatic heterocycles. The van der Waals surface area contributed by atoms with Crippen LogP contribution in [0.25, 0.3) is 11.0 Å². The molecule has 0 spiro atoms. The fourth-order valence-electron chi connectivity index (χ4n) is 3.01. The number of imidazole rings is 1. The zero-order chi connectivity index (χ0) is 15.8. The van der Waals surface area contributed by atoms with Gasteiger partial charge in [-0.25, -0.2) is 4.98 Å². The number of carbonyl (C=O) groups excluding carboxylic acids is 1. The van der Waals surface area contributed by atoms with Crippen LogP contribution in [0.3, 0.4) is 0 Å². The predicted octanol–water partition coefficient (Wildman–Crippen LogP) is 2.73. The van der Waals surface area contributed by atoms with E-state index in [9.17, 15) is 4.79 Å².